The fourth-order valence-electron chi connectivity index (χ4n) is 1.14. The summed E-state index contributed by atoms with van der Waals surface area (Å²) in [4.78, 5) is 22.6. The lowest BCUT2D eigenvalue weighted by molar-refractivity contribution is -0.120. The second-order valence-corrected chi connectivity index (χ2v) is 4.89. The minimum absolute atomic E-state index is 0.178. The molecular formula is C12H21N3O3. The van der Waals surface area contributed by atoms with Crippen LogP contribution in [-0.4, -0.2) is 30.2 Å². The molecule has 2 N–H and O–H groups in total. The maximum atomic E-state index is 11.5. The van der Waals surface area contributed by atoms with Gasteiger partial charge in [-0.3, -0.25) is 4.79 Å². The number of nitrogens with one attached hydrogen (secondary N) is 2. The molecule has 0 rings (SSSR count). The van der Waals surface area contributed by atoms with Gasteiger partial charge in [0.05, 0.1) is 6.07 Å². The van der Waals surface area contributed by atoms with Gasteiger partial charge < -0.3 is 15.4 Å². The monoisotopic (exact) mass is 255 g/mol. The SMILES string of the molecule is CC[C@@H](CNC(=O)CC#N)NC(=O)OC(C)(C)C. The number of nitrogens with zero attached hydrogens (tertiary/aromatic N) is 1. The lowest BCUT2D eigenvalue weighted by Crippen LogP contribution is -2.45. The fourth-order valence-corrected chi connectivity index (χ4v) is 1.14. The number of ether oxygens (including phenoxy) is 1. The van der Waals surface area contributed by atoms with Gasteiger partial charge in [0.15, 0.2) is 0 Å². The Balaban J connectivity index is 4.08. The Bertz CT molecular complexity index is 328. The molecule has 18 heavy (non-hydrogen) atoms. The molecule has 2 amide bonds. The van der Waals surface area contributed by atoms with Gasteiger partial charge in [-0.05, 0) is 27.2 Å². The molecule has 0 aromatic carbocycles. The van der Waals surface area contributed by atoms with Gasteiger partial charge >= 0.3 is 6.09 Å². The van der Waals surface area contributed by atoms with Crippen LogP contribution in [0.3, 0.4) is 0 Å². The zero-order chi connectivity index (χ0) is 14.2. The summed E-state index contributed by atoms with van der Waals surface area (Å²) in [6.07, 6.45) is -0.0292. The van der Waals surface area contributed by atoms with Crippen molar-refractivity contribution in [2.24, 2.45) is 0 Å². The number of hydrogen-bond acceptors (Lipinski definition) is 4. The molecule has 0 aromatic rings. The maximum absolute atomic E-state index is 11.5. The van der Waals surface area contributed by atoms with Crippen LogP contribution in [-0.2, 0) is 9.53 Å². The molecule has 0 aliphatic carbocycles. The van der Waals surface area contributed by atoms with Crippen LogP contribution in [0.2, 0.25) is 0 Å². The average molecular weight is 255 g/mol. The van der Waals surface area contributed by atoms with E-state index in [2.05, 4.69) is 10.6 Å². The highest BCUT2D eigenvalue weighted by atomic mass is 16.6. The molecule has 6 nitrogen and oxygen atoms in total. The first-order valence-corrected chi connectivity index (χ1v) is 5.91. The Labute approximate surface area is 108 Å². The average Bonchev–Trinajstić information content (AvgIpc) is 2.22. The topological polar surface area (TPSA) is 91.2 Å². The first-order chi connectivity index (χ1) is 8.28. The second-order valence-electron chi connectivity index (χ2n) is 4.89. The van der Waals surface area contributed by atoms with Crippen LogP contribution in [0.1, 0.15) is 40.5 Å². The van der Waals surface area contributed by atoms with Gasteiger partial charge in [0.1, 0.15) is 12.0 Å². The normalized spacial score (nSPS) is 12.2. The molecule has 0 aromatic heterocycles. The standard InChI is InChI=1S/C12H21N3O3/c1-5-9(8-14-10(16)6-7-13)15-11(17)18-12(2,3)4/h9H,5-6,8H2,1-4H3,(H,14,16)(H,15,17)/t9-/m0/s1. The number of carbonyl (C=O) groups is 2. The molecule has 0 aliphatic heterocycles. The number of rotatable bonds is 5. The molecule has 6 heteroatoms. The molecule has 0 spiro atoms. The molecule has 0 heterocycles. The highest BCUT2D eigenvalue weighted by molar-refractivity contribution is 5.78. The highest BCUT2D eigenvalue weighted by Gasteiger charge is 2.18. The summed E-state index contributed by atoms with van der Waals surface area (Å²) in [5.41, 5.74) is -0.549. The molecule has 0 unspecified atom stereocenters. The van der Waals surface area contributed by atoms with Crippen molar-refractivity contribution in [1.29, 1.82) is 5.26 Å². The van der Waals surface area contributed by atoms with Gasteiger partial charge in [0.2, 0.25) is 5.91 Å². The summed E-state index contributed by atoms with van der Waals surface area (Å²) in [7, 11) is 0. The van der Waals surface area contributed by atoms with Crippen molar-refractivity contribution in [3.63, 3.8) is 0 Å². The highest BCUT2D eigenvalue weighted by Crippen LogP contribution is 2.07. The van der Waals surface area contributed by atoms with Gasteiger partial charge in [0.25, 0.3) is 0 Å². The van der Waals surface area contributed by atoms with E-state index in [1.807, 2.05) is 6.92 Å². The molecule has 102 valence electrons. The van der Waals surface area contributed by atoms with E-state index in [1.54, 1.807) is 26.8 Å². The van der Waals surface area contributed by atoms with Gasteiger partial charge in [0, 0.05) is 12.6 Å². The molecule has 0 saturated carbocycles. The lowest BCUT2D eigenvalue weighted by atomic mass is 10.2. The van der Waals surface area contributed by atoms with Crippen molar-refractivity contribution in [3.05, 3.63) is 0 Å². The predicted octanol–water partition coefficient (Wildman–Crippen LogP) is 1.32. The van der Waals surface area contributed by atoms with Gasteiger partial charge in [-0.1, -0.05) is 6.92 Å². The number of nitriles is 1. The Kier molecular flexibility index (Phi) is 6.79. The molecule has 0 fully saturated rings. The third-order valence-corrected chi connectivity index (χ3v) is 2.00. The van der Waals surface area contributed by atoms with E-state index in [0.717, 1.165) is 0 Å². The second kappa shape index (κ2) is 7.54. The van der Waals surface area contributed by atoms with E-state index in [1.165, 1.54) is 0 Å². The minimum atomic E-state index is -0.549. The third kappa shape index (κ3) is 8.39. The van der Waals surface area contributed by atoms with Crippen LogP contribution >= 0.6 is 0 Å². The van der Waals surface area contributed by atoms with Crippen molar-refractivity contribution in [2.45, 2.75) is 52.2 Å². The molecule has 0 radical (unpaired) electrons. The van der Waals surface area contributed by atoms with Gasteiger partial charge in [-0.25, -0.2) is 4.79 Å². The number of alkyl carbamates (subject to hydrolysis) is 1. The van der Waals surface area contributed by atoms with Gasteiger partial charge in [-0.2, -0.15) is 5.26 Å². The zero-order valence-corrected chi connectivity index (χ0v) is 11.4. The van der Waals surface area contributed by atoms with Crippen molar-refractivity contribution >= 4 is 12.0 Å². The molecule has 0 aliphatic rings. The summed E-state index contributed by atoms with van der Waals surface area (Å²) in [5.74, 6) is -0.345. The van der Waals surface area contributed by atoms with Gasteiger partial charge in [-0.15, -0.1) is 0 Å². The molecule has 1 atom stereocenters. The first kappa shape index (κ1) is 16.2. The molecular weight excluding hydrogens is 234 g/mol. The zero-order valence-electron chi connectivity index (χ0n) is 11.4. The van der Waals surface area contributed by atoms with E-state index in [-0.39, 0.29) is 24.9 Å². The van der Waals surface area contributed by atoms with Crippen LogP contribution in [0, 0.1) is 11.3 Å². The van der Waals surface area contributed by atoms with Crippen molar-refractivity contribution < 1.29 is 14.3 Å². The summed E-state index contributed by atoms with van der Waals surface area (Å²) in [5, 5.41) is 13.6. The lowest BCUT2D eigenvalue weighted by Gasteiger charge is -2.23. The van der Waals surface area contributed by atoms with Crippen LogP contribution in [0.5, 0.6) is 0 Å². The summed E-state index contributed by atoms with van der Waals surface area (Å²) >= 11 is 0. The van der Waals surface area contributed by atoms with E-state index in [4.69, 9.17) is 10.00 Å². The number of hydrogen-bond donors (Lipinski definition) is 2. The molecule has 0 bridgehead atoms. The Morgan fingerprint density at radius 2 is 2.00 bits per heavy atom. The smallest absolute Gasteiger partial charge is 0.407 e. The van der Waals surface area contributed by atoms with Crippen molar-refractivity contribution in [1.82, 2.24) is 10.6 Å². The number of amides is 2. The van der Waals surface area contributed by atoms with E-state index in [9.17, 15) is 9.59 Å². The molecule has 0 saturated heterocycles. The van der Waals surface area contributed by atoms with Crippen molar-refractivity contribution in [2.75, 3.05) is 6.54 Å². The van der Waals surface area contributed by atoms with E-state index < -0.39 is 11.7 Å². The van der Waals surface area contributed by atoms with Crippen molar-refractivity contribution in [3.8, 4) is 6.07 Å². The minimum Gasteiger partial charge on any atom is -0.444 e. The Hall–Kier alpha value is -1.77. The predicted molar refractivity (Wildman–Crippen MR) is 66.7 cm³/mol. The largest absolute Gasteiger partial charge is 0.444 e. The summed E-state index contributed by atoms with van der Waals surface area (Å²) < 4.78 is 5.11. The quantitative estimate of drug-likeness (QED) is 0.775. The Morgan fingerprint density at radius 1 is 1.39 bits per heavy atom. The summed E-state index contributed by atoms with van der Waals surface area (Å²) in [6.45, 7) is 7.52. The van der Waals surface area contributed by atoms with Crippen LogP contribution < -0.4 is 10.6 Å². The maximum Gasteiger partial charge on any atom is 0.407 e. The van der Waals surface area contributed by atoms with Crippen LogP contribution in [0.25, 0.3) is 0 Å². The Morgan fingerprint density at radius 3 is 2.44 bits per heavy atom. The fraction of sp³-hybridized carbons (Fsp3) is 0.750. The van der Waals surface area contributed by atoms with Crippen LogP contribution in [0.4, 0.5) is 4.79 Å². The van der Waals surface area contributed by atoms with E-state index >= 15 is 0 Å². The first-order valence-electron chi connectivity index (χ1n) is 5.91. The van der Waals surface area contributed by atoms with Crippen LogP contribution in [0.15, 0.2) is 0 Å². The van der Waals surface area contributed by atoms with E-state index in [0.29, 0.717) is 6.42 Å². The third-order valence-electron chi connectivity index (χ3n) is 2.00. The summed E-state index contributed by atoms with van der Waals surface area (Å²) in [6, 6.07) is 1.55. The number of carbonyl (C=O) groups excluding carboxylic acids is 2.